The maximum Gasteiger partial charge on any atom is 0.328 e. The van der Waals surface area contributed by atoms with Crippen molar-refractivity contribution < 1.29 is 14.3 Å². The number of carbonyl (C=O) groups is 2. The van der Waals surface area contributed by atoms with Crippen LogP contribution in [0.2, 0.25) is 0 Å². The highest BCUT2D eigenvalue weighted by Crippen LogP contribution is 2.16. The van der Waals surface area contributed by atoms with Crippen molar-refractivity contribution in [1.29, 1.82) is 0 Å². The second-order valence-corrected chi connectivity index (χ2v) is 4.79. The number of esters is 1. The minimum absolute atomic E-state index is 0.321. The molecule has 5 heteroatoms. The summed E-state index contributed by atoms with van der Waals surface area (Å²) in [6.45, 7) is 3.62. The zero-order valence-electron chi connectivity index (χ0n) is 12.4. The van der Waals surface area contributed by atoms with Crippen LogP contribution in [0.3, 0.4) is 0 Å². The highest BCUT2D eigenvalue weighted by Gasteiger charge is 2.22. The van der Waals surface area contributed by atoms with Gasteiger partial charge in [-0.05, 0) is 25.0 Å². The lowest BCUT2D eigenvalue weighted by molar-refractivity contribution is -0.143. The second kappa shape index (κ2) is 7.36. The van der Waals surface area contributed by atoms with Gasteiger partial charge in [0, 0.05) is 11.6 Å². The number of nitrogens with zero attached hydrogens (tertiary/aromatic N) is 1. The van der Waals surface area contributed by atoms with Gasteiger partial charge in [-0.25, -0.2) is 4.79 Å². The Balaban J connectivity index is 2.25. The minimum atomic E-state index is -0.692. The third-order valence-corrected chi connectivity index (χ3v) is 3.34. The van der Waals surface area contributed by atoms with E-state index < -0.39 is 12.0 Å². The molecule has 0 bridgehead atoms. The van der Waals surface area contributed by atoms with Crippen LogP contribution in [0.25, 0.3) is 10.9 Å². The van der Waals surface area contributed by atoms with Crippen LogP contribution < -0.4 is 5.32 Å². The molecule has 22 heavy (non-hydrogen) atoms. The summed E-state index contributed by atoms with van der Waals surface area (Å²) in [6.07, 6.45) is 4.33. The molecule has 5 nitrogen and oxygen atoms in total. The molecule has 0 spiro atoms. The van der Waals surface area contributed by atoms with Crippen LogP contribution in [0.15, 0.2) is 49.2 Å². The molecule has 1 aromatic heterocycles. The number of para-hydroxylation sites is 1. The average Bonchev–Trinajstić information content (AvgIpc) is 2.57. The van der Waals surface area contributed by atoms with Crippen LogP contribution in [0.4, 0.5) is 0 Å². The van der Waals surface area contributed by atoms with Gasteiger partial charge in [-0.15, -0.1) is 6.58 Å². The third kappa shape index (κ3) is 3.49. The van der Waals surface area contributed by atoms with Gasteiger partial charge in [-0.2, -0.15) is 0 Å². The molecule has 0 aliphatic rings. The number of allylic oxidation sites excluding steroid dienone is 1. The van der Waals surface area contributed by atoms with Crippen molar-refractivity contribution in [2.75, 3.05) is 7.11 Å². The normalized spacial score (nSPS) is 11.7. The lowest BCUT2D eigenvalue weighted by Crippen LogP contribution is -2.41. The Bertz CT molecular complexity index is 692. The Morgan fingerprint density at radius 2 is 2.14 bits per heavy atom. The molecular weight excluding hydrogens is 280 g/mol. The Morgan fingerprint density at radius 3 is 2.86 bits per heavy atom. The lowest BCUT2D eigenvalue weighted by Gasteiger charge is -2.16. The molecule has 0 saturated heterocycles. The molecule has 0 fully saturated rings. The van der Waals surface area contributed by atoms with E-state index in [1.807, 2.05) is 24.3 Å². The van der Waals surface area contributed by atoms with E-state index in [4.69, 9.17) is 4.74 Å². The molecule has 2 rings (SSSR count). The van der Waals surface area contributed by atoms with E-state index in [1.54, 1.807) is 18.3 Å². The Hall–Kier alpha value is -2.69. The highest BCUT2D eigenvalue weighted by atomic mass is 16.5. The molecular formula is C17H18N2O3. The number of aromatic nitrogens is 1. The van der Waals surface area contributed by atoms with Gasteiger partial charge in [0.05, 0.1) is 18.2 Å². The number of nitrogens with one attached hydrogen (secondary N) is 1. The number of methoxy groups -OCH3 is 1. The van der Waals surface area contributed by atoms with Gasteiger partial charge in [0.1, 0.15) is 6.04 Å². The molecule has 1 N–H and O–H groups in total. The van der Waals surface area contributed by atoms with E-state index in [0.29, 0.717) is 18.4 Å². The van der Waals surface area contributed by atoms with Crippen molar-refractivity contribution >= 4 is 22.8 Å². The van der Waals surface area contributed by atoms with E-state index in [9.17, 15) is 9.59 Å². The van der Waals surface area contributed by atoms with Crippen molar-refractivity contribution in [1.82, 2.24) is 10.3 Å². The average molecular weight is 298 g/mol. The van der Waals surface area contributed by atoms with Gasteiger partial charge in [0.15, 0.2) is 0 Å². The van der Waals surface area contributed by atoms with Crippen LogP contribution in [0.1, 0.15) is 23.2 Å². The maximum atomic E-state index is 12.5. The first-order valence-electron chi connectivity index (χ1n) is 7.00. The molecule has 0 radical (unpaired) electrons. The first-order valence-corrected chi connectivity index (χ1v) is 7.00. The maximum absolute atomic E-state index is 12.5. The first-order chi connectivity index (χ1) is 10.7. The molecule has 2 aromatic rings. The van der Waals surface area contributed by atoms with Gasteiger partial charge in [-0.3, -0.25) is 9.78 Å². The van der Waals surface area contributed by atoms with Gasteiger partial charge >= 0.3 is 5.97 Å². The Labute approximate surface area is 129 Å². The van der Waals surface area contributed by atoms with E-state index in [0.717, 1.165) is 10.9 Å². The molecule has 1 aromatic carbocycles. The number of benzene rings is 1. The fourth-order valence-corrected chi connectivity index (χ4v) is 2.21. The largest absolute Gasteiger partial charge is 0.467 e. The molecule has 1 heterocycles. The number of amides is 1. The number of pyridine rings is 1. The second-order valence-electron chi connectivity index (χ2n) is 4.79. The molecule has 0 unspecified atom stereocenters. The molecule has 114 valence electrons. The number of hydrogen-bond acceptors (Lipinski definition) is 4. The lowest BCUT2D eigenvalue weighted by atomic mass is 10.1. The zero-order valence-corrected chi connectivity index (χ0v) is 12.4. The first kappa shape index (κ1) is 15.7. The van der Waals surface area contributed by atoms with Gasteiger partial charge in [0.25, 0.3) is 5.91 Å². The van der Waals surface area contributed by atoms with E-state index in [-0.39, 0.29) is 5.91 Å². The fourth-order valence-electron chi connectivity index (χ4n) is 2.21. The quantitative estimate of drug-likeness (QED) is 0.657. The summed E-state index contributed by atoms with van der Waals surface area (Å²) in [5.74, 6) is -0.786. The molecule has 0 aliphatic heterocycles. The van der Waals surface area contributed by atoms with E-state index in [2.05, 4.69) is 16.9 Å². The molecule has 0 saturated carbocycles. The standard InChI is InChI=1S/C17H18N2O3/c1-3-4-8-15(17(21)22-2)19-16(20)13-10-11-18-14-9-6-5-7-12(13)14/h3,5-7,9-11,15H,1,4,8H2,2H3,(H,19,20)/t15-/m0/s1. The summed E-state index contributed by atoms with van der Waals surface area (Å²) in [5, 5.41) is 3.47. The smallest absolute Gasteiger partial charge is 0.328 e. The zero-order chi connectivity index (χ0) is 15.9. The van der Waals surface area contributed by atoms with E-state index in [1.165, 1.54) is 7.11 Å². The summed E-state index contributed by atoms with van der Waals surface area (Å²) in [7, 11) is 1.30. The van der Waals surface area contributed by atoms with Crippen LogP contribution >= 0.6 is 0 Å². The third-order valence-electron chi connectivity index (χ3n) is 3.34. The summed E-state index contributed by atoms with van der Waals surface area (Å²) in [6, 6.07) is 8.31. The molecule has 0 aliphatic carbocycles. The summed E-state index contributed by atoms with van der Waals surface area (Å²) < 4.78 is 4.73. The number of carbonyl (C=O) groups excluding carboxylic acids is 2. The predicted molar refractivity (Wildman–Crippen MR) is 84.4 cm³/mol. The number of ether oxygens (including phenoxy) is 1. The monoisotopic (exact) mass is 298 g/mol. The number of hydrogen-bond donors (Lipinski definition) is 1. The van der Waals surface area contributed by atoms with Crippen molar-refractivity contribution in [3.63, 3.8) is 0 Å². The minimum Gasteiger partial charge on any atom is -0.467 e. The summed E-state index contributed by atoms with van der Waals surface area (Å²) in [5.41, 5.74) is 1.22. The van der Waals surface area contributed by atoms with Crippen LogP contribution in [-0.4, -0.2) is 30.0 Å². The molecule has 1 atom stereocenters. The Kier molecular flexibility index (Phi) is 5.25. The van der Waals surface area contributed by atoms with Crippen LogP contribution in [0.5, 0.6) is 0 Å². The topological polar surface area (TPSA) is 68.3 Å². The van der Waals surface area contributed by atoms with E-state index >= 15 is 0 Å². The van der Waals surface area contributed by atoms with Crippen molar-refractivity contribution in [2.45, 2.75) is 18.9 Å². The van der Waals surface area contributed by atoms with Gasteiger partial charge in [0.2, 0.25) is 0 Å². The highest BCUT2D eigenvalue weighted by molar-refractivity contribution is 6.07. The van der Waals surface area contributed by atoms with Crippen molar-refractivity contribution in [3.8, 4) is 0 Å². The Morgan fingerprint density at radius 1 is 1.36 bits per heavy atom. The number of fused-ring (bicyclic) bond motifs is 1. The predicted octanol–water partition coefficient (Wildman–Crippen LogP) is 2.47. The number of rotatable bonds is 6. The van der Waals surface area contributed by atoms with Gasteiger partial charge < -0.3 is 10.1 Å². The fraction of sp³-hybridized carbons (Fsp3) is 0.235. The molecule has 1 amide bonds. The van der Waals surface area contributed by atoms with Gasteiger partial charge in [-0.1, -0.05) is 24.3 Å². The van der Waals surface area contributed by atoms with Crippen LogP contribution in [-0.2, 0) is 9.53 Å². The van der Waals surface area contributed by atoms with Crippen LogP contribution in [0, 0.1) is 0 Å². The SMILES string of the molecule is C=CCC[C@H](NC(=O)c1ccnc2ccccc12)C(=O)OC. The summed E-state index contributed by atoms with van der Waals surface area (Å²) >= 11 is 0. The van der Waals surface area contributed by atoms with Crippen molar-refractivity contribution in [2.24, 2.45) is 0 Å². The van der Waals surface area contributed by atoms with Crippen molar-refractivity contribution in [3.05, 3.63) is 54.7 Å². The summed E-state index contributed by atoms with van der Waals surface area (Å²) in [4.78, 5) is 28.5.